The van der Waals surface area contributed by atoms with Crippen molar-refractivity contribution in [1.82, 2.24) is 25.3 Å². The lowest BCUT2D eigenvalue weighted by atomic mass is 10.1. The quantitative estimate of drug-likeness (QED) is 0.708. The van der Waals surface area contributed by atoms with Crippen molar-refractivity contribution in [3.63, 3.8) is 0 Å². The molecular formula is C19H33N5O. The summed E-state index contributed by atoms with van der Waals surface area (Å²) in [7, 11) is 0. The predicted molar refractivity (Wildman–Crippen MR) is 99.8 cm³/mol. The van der Waals surface area contributed by atoms with E-state index in [1.165, 1.54) is 58.2 Å². The first-order valence-electron chi connectivity index (χ1n) is 10.1. The van der Waals surface area contributed by atoms with Gasteiger partial charge in [0.2, 0.25) is 0 Å². The smallest absolute Gasteiger partial charge is 0.271 e. The number of likely N-dealkylation sites (tertiary alicyclic amines) is 1. The van der Waals surface area contributed by atoms with Crippen molar-refractivity contribution in [2.75, 3.05) is 39.3 Å². The summed E-state index contributed by atoms with van der Waals surface area (Å²) in [6.45, 7) is 6.54. The zero-order chi connectivity index (χ0) is 17.3. The van der Waals surface area contributed by atoms with Gasteiger partial charge in [-0.15, -0.1) is 0 Å². The molecule has 3 rings (SSSR count). The monoisotopic (exact) mass is 347 g/mol. The van der Waals surface area contributed by atoms with Crippen molar-refractivity contribution in [3.05, 3.63) is 18.0 Å². The molecule has 3 heterocycles. The fraction of sp³-hybridized carbons (Fsp3) is 0.789. The minimum absolute atomic E-state index is 0.0430. The highest BCUT2D eigenvalue weighted by atomic mass is 16.1. The zero-order valence-corrected chi connectivity index (χ0v) is 15.4. The fourth-order valence-electron chi connectivity index (χ4n) is 3.83. The molecule has 1 aromatic heterocycles. The van der Waals surface area contributed by atoms with E-state index in [1.54, 1.807) is 0 Å². The lowest BCUT2D eigenvalue weighted by molar-refractivity contribution is 0.0946. The van der Waals surface area contributed by atoms with Crippen LogP contribution in [0.2, 0.25) is 0 Å². The minimum Gasteiger partial charge on any atom is -0.351 e. The van der Waals surface area contributed by atoms with Gasteiger partial charge in [-0.1, -0.05) is 12.8 Å². The summed E-state index contributed by atoms with van der Waals surface area (Å²) in [6, 6.07) is 2.21. The highest BCUT2D eigenvalue weighted by Crippen LogP contribution is 2.15. The summed E-state index contributed by atoms with van der Waals surface area (Å²) in [5, 5.41) is 10.9. The lowest BCUT2D eigenvalue weighted by Crippen LogP contribution is -2.32. The molecule has 2 aliphatic rings. The van der Waals surface area contributed by atoms with Gasteiger partial charge in [-0.2, -0.15) is 5.10 Å². The Labute approximate surface area is 151 Å². The summed E-state index contributed by atoms with van der Waals surface area (Å²) in [5.41, 5.74) is 0.541. The van der Waals surface area contributed by atoms with Gasteiger partial charge in [0.05, 0.1) is 6.04 Å². The van der Waals surface area contributed by atoms with E-state index in [0.29, 0.717) is 11.7 Å². The predicted octanol–water partition coefficient (Wildman–Crippen LogP) is 2.19. The molecule has 2 saturated heterocycles. The van der Waals surface area contributed by atoms with Crippen LogP contribution in [0, 0.1) is 0 Å². The molecule has 140 valence electrons. The molecule has 0 aromatic carbocycles. The van der Waals surface area contributed by atoms with E-state index in [2.05, 4.69) is 20.6 Å². The van der Waals surface area contributed by atoms with Gasteiger partial charge in [0.25, 0.3) is 5.91 Å². The topological polar surface area (TPSA) is 62.2 Å². The number of rotatable bonds is 8. The van der Waals surface area contributed by atoms with Crippen LogP contribution >= 0.6 is 0 Å². The highest BCUT2D eigenvalue weighted by molar-refractivity contribution is 5.92. The number of amides is 1. The van der Waals surface area contributed by atoms with Crippen LogP contribution in [0.25, 0.3) is 0 Å². The van der Waals surface area contributed by atoms with Crippen LogP contribution in [0.4, 0.5) is 0 Å². The molecule has 0 spiro atoms. The summed E-state index contributed by atoms with van der Waals surface area (Å²) >= 11 is 0. The number of carbonyl (C=O) groups excluding carboxylic acids is 1. The normalized spacial score (nSPS) is 22.0. The van der Waals surface area contributed by atoms with Crippen LogP contribution in [0.5, 0.6) is 0 Å². The molecule has 2 fully saturated rings. The first-order chi connectivity index (χ1) is 12.3. The van der Waals surface area contributed by atoms with Gasteiger partial charge in [-0.3, -0.25) is 9.48 Å². The average Bonchev–Trinajstić information content (AvgIpc) is 3.16. The van der Waals surface area contributed by atoms with E-state index >= 15 is 0 Å². The molecule has 6 heteroatoms. The molecule has 1 aromatic rings. The third-order valence-electron chi connectivity index (χ3n) is 5.37. The summed E-state index contributed by atoms with van der Waals surface area (Å²) in [5.74, 6) is -0.0430. The van der Waals surface area contributed by atoms with Crippen LogP contribution in [0.1, 0.15) is 67.9 Å². The molecule has 0 saturated carbocycles. The maximum Gasteiger partial charge on any atom is 0.271 e. The first-order valence-corrected chi connectivity index (χ1v) is 10.1. The van der Waals surface area contributed by atoms with E-state index < -0.39 is 0 Å². The van der Waals surface area contributed by atoms with Crippen LogP contribution in [-0.2, 0) is 0 Å². The molecule has 1 atom stereocenters. The van der Waals surface area contributed by atoms with E-state index in [-0.39, 0.29) is 5.91 Å². The van der Waals surface area contributed by atoms with Crippen molar-refractivity contribution in [3.8, 4) is 0 Å². The van der Waals surface area contributed by atoms with Gasteiger partial charge in [0.1, 0.15) is 5.69 Å². The van der Waals surface area contributed by atoms with E-state index in [4.69, 9.17) is 0 Å². The van der Waals surface area contributed by atoms with Crippen molar-refractivity contribution < 1.29 is 4.79 Å². The molecule has 1 unspecified atom stereocenters. The Balaban J connectivity index is 1.29. The van der Waals surface area contributed by atoms with Gasteiger partial charge in [-0.05, 0) is 70.8 Å². The molecule has 0 aliphatic carbocycles. The van der Waals surface area contributed by atoms with Crippen molar-refractivity contribution >= 4 is 5.91 Å². The number of unbranched alkanes of at least 4 members (excludes halogenated alkanes) is 2. The molecule has 2 N–H and O–H groups in total. The summed E-state index contributed by atoms with van der Waals surface area (Å²) in [4.78, 5) is 14.8. The molecule has 6 nitrogen and oxygen atoms in total. The Morgan fingerprint density at radius 1 is 1.20 bits per heavy atom. The highest BCUT2D eigenvalue weighted by Gasteiger charge is 2.17. The SMILES string of the molecule is O=C(NCCCCCN1CCCCC1)c1ccn(C2CCCNC2)n1. The van der Waals surface area contributed by atoms with Gasteiger partial charge in [0.15, 0.2) is 0 Å². The van der Waals surface area contributed by atoms with Crippen LogP contribution in [0.15, 0.2) is 12.3 Å². The molecule has 2 aliphatic heterocycles. The van der Waals surface area contributed by atoms with Crippen LogP contribution < -0.4 is 10.6 Å². The van der Waals surface area contributed by atoms with Crippen LogP contribution in [0.3, 0.4) is 0 Å². The minimum atomic E-state index is -0.0430. The Kier molecular flexibility index (Phi) is 7.30. The van der Waals surface area contributed by atoms with Gasteiger partial charge in [0, 0.05) is 19.3 Å². The standard InChI is InChI=1S/C19H33N5O/c25-19(18-9-15-24(22-18)17-8-7-10-20-16-17)21-11-3-1-4-12-23-13-5-2-6-14-23/h9,15,17,20H,1-8,10-14,16H2,(H,21,25). The number of carbonyl (C=O) groups is 1. The molecule has 0 radical (unpaired) electrons. The number of hydrogen-bond donors (Lipinski definition) is 2. The maximum atomic E-state index is 12.2. The Morgan fingerprint density at radius 2 is 2.08 bits per heavy atom. The second-order valence-electron chi connectivity index (χ2n) is 7.40. The zero-order valence-electron chi connectivity index (χ0n) is 15.4. The second kappa shape index (κ2) is 9.92. The molecular weight excluding hydrogens is 314 g/mol. The first kappa shape index (κ1) is 18.4. The molecule has 25 heavy (non-hydrogen) atoms. The fourth-order valence-corrected chi connectivity index (χ4v) is 3.83. The maximum absolute atomic E-state index is 12.2. The third kappa shape index (κ3) is 5.82. The Morgan fingerprint density at radius 3 is 2.88 bits per heavy atom. The molecule has 1 amide bonds. The summed E-state index contributed by atoms with van der Waals surface area (Å²) in [6.07, 6.45) is 11.8. The number of aromatic nitrogens is 2. The Hall–Kier alpha value is -1.40. The number of nitrogens with one attached hydrogen (secondary N) is 2. The van der Waals surface area contributed by atoms with Gasteiger partial charge < -0.3 is 15.5 Å². The van der Waals surface area contributed by atoms with E-state index in [9.17, 15) is 4.79 Å². The van der Waals surface area contributed by atoms with Crippen molar-refractivity contribution in [2.45, 2.75) is 57.4 Å². The lowest BCUT2D eigenvalue weighted by Gasteiger charge is -2.26. The van der Waals surface area contributed by atoms with Crippen LogP contribution in [-0.4, -0.2) is 59.9 Å². The largest absolute Gasteiger partial charge is 0.351 e. The second-order valence-corrected chi connectivity index (χ2v) is 7.40. The third-order valence-corrected chi connectivity index (χ3v) is 5.37. The Bertz CT molecular complexity index is 518. The molecule has 0 bridgehead atoms. The van der Waals surface area contributed by atoms with Gasteiger partial charge >= 0.3 is 0 Å². The number of piperidine rings is 2. The van der Waals surface area contributed by atoms with E-state index in [0.717, 1.165) is 32.5 Å². The van der Waals surface area contributed by atoms with Crippen molar-refractivity contribution in [1.29, 1.82) is 0 Å². The number of hydrogen-bond acceptors (Lipinski definition) is 4. The van der Waals surface area contributed by atoms with Gasteiger partial charge in [-0.25, -0.2) is 0 Å². The summed E-state index contributed by atoms with van der Waals surface area (Å²) < 4.78 is 1.94. The van der Waals surface area contributed by atoms with E-state index in [1.807, 2.05) is 16.9 Å². The number of nitrogens with zero attached hydrogens (tertiary/aromatic N) is 3. The van der Waals surface area contributed by atoms with Crippen molar-refractivity contribution in [2.24, 2.45) is 0 Å². The average molecular weight is 348 g/mol.